The Balaban J connectivity index is 2.47. The number of pyridine rings is 1. The Bertz CT molecular complexity index is 496. The molecule has 0 radical (unpaired) electrons. The third-order valence-electron chi connectivity index (χ3n) is 2.05. The lowest BCUT2D eigenvalue weighted by Crippen LogP contribution is -1.94. The largest absolute Gasteiger partial charge is 0.507 e. The van der Waals surface area contributed by atoms with Crippen molar-refractivity contribution in [2.75, 3.05) is 0 Å². The summed E-state index contributed by atoms with van der Waals surface area (Å²) >= 11 is 0. The van der Waals surface area contributed by atoms with Crippen LogP contribution in [0, 0.1) is 0 Å². The Hall–Kier alpha value is -2.10. The molecule has 1 aromatic heterocycles. The third-order valence-corrected chi connectivity index (χ3v) is 2.05. The van der Waals surface area contributed by atoms with Gasteiger partial charge in [0.2, 0.25) is 0 Å². The molecule has 0 saturated heterocycles. The molecule has 0 aliphatic rings. The fourth-order valence-corrected chi connectivity index (χ4v) is 1.40. The molecule has 0 atom stereocenters. The van der Waals surface area contributed by atoms with E-state index in [4.69, 9.17) is 0 Å². The molecule has 1 heterocycles. The second-order valence-corrected chi connectivity index (χ2v) is 3.06. The summed E-state index contributed by atoms with van der Waals surface area (Å²) in [5.74, 6) is 0.144. The van der Waals surface area contributed by atoms with Crippen molar-refractivity contribution in [1.82, 2.24) is 4.98 Å². The minimum atomic E-state index is 0.0713. The lowest BCUT2D eigenvalue weighted by Gasteiger charge is -2.03. The van der Waals surface area contributed by atoms with Crippen LogP contribution in [0.1, 0.15) is 5.69 Å². The van der Waals surface area contributed by atoms with Crippen LogP contribution in [0.2, 0.25) is 0 Å². The Morgan fingerprint density at radius 2 is 2.20 bits per heavy atom. The van der Waals surface area contributed by atoms with Crippen molar-refractivity contribution in [2.24, 2.45) is 0 Å². The Morgan fingerprint density at radius 3 is 3.00 bits per heavy atom. The van der Waals surface area contributed by atoms with Crippen LogP contribution >= 0.6 is 0 Å². The highest BCUT2D eigenvalue weighted by Gasteiger charge is 2.03. The Kier molecular flexibility index (Phi) is 2.49. The number of carbonyl (C=O) groups is 1. The molecule has 0 spiro atoms. The van der Waals surface area contributed by atoms with Gasteiger partial charge in [0.05, 0.1) is 11.2 Å². The molecule has 4 nitrogen and oxygen atoms in total. The van der Waals surface area contributed by atoms with Gasteiger partial charge in [0.15, 0.2) is 0 Å². The molecule has 1 N–H and O–H groups in total. The zero-order valence-corrected chi connectivity index (χ0v) is 7.88. The zero-order chi connectivity index (χ0) is 10.7. The van der Waals surface area contributed by atoms with Crippen molar-refractivity contribution >= 4 is 17.4 Å². The molecule has 0 unspecified atom stereocenters. The number of ether oxygens (including phenoxy) is 1. The molecule has 0 bridgehead atoms. The normalized spacial score (nSPS) is 10.1. The van der Waals surface area contributed by atoms with E-state index in [9.17, 15) is 9.90 Å². The number of hydrogen-bond acceptors (Lipinski definition) is 4. The van der Waals surface area contributed by atoms with Crippen LogP contribution in [-0.2, 0) is 16.1 Å². The van der Waals surface area contributed by atoms with Gasteiger partial charge in [0, 0.05) is 11.5 Å². The van der Waals surface area contributed by atoms with E-state index >= 15 is 0 Å². The van der Waals surface area contributed by atoms with Crippen LogP contribution in [0.15, 0.2) is 30.3 Å². The smallest absolute Gasteiger partial charge is 0.293 e. The number of carbonyl (C=O) groups excluding carboxylic acids is 1. The van der Waals surface area contributed by atoms with E-state index in [2.05, 4.69) is 9.72 Å². The maximum absolute atomic E-state index is 10.0. The monoisotopic (exact) mass is 203 g/mol. The van der Waals surface area contributed by atoms with Gasteiger partial charge < -0.3 is 9.84 Å². The van der Waals surface area contributed by atoms with Crippen molar-refractivity contribution in [1.29, 1.82) is 0 Å². The molecule has 2 aromatic rings. The lowest BCUT2D eigenvalue weighted by molar-refractivity contribution is -0.129. The van der Waals surface area contributed by atoms with E-state index in [1.54, 1.807) is 12.1 Å². The second-order valence-electron chi connectivity index (χ2n) is 3.06. The predicted octanol–water partition coefficient (Wildman–Crippen LogP) is 1.61. The molecule has 0 amide bonds. The van der Waals surface area contributed by atoms with Crippen molar-refractivity contribution < 1.29 is 14.6 Å². The van der Waals surface area contributed by atoms with Gasteiger partial charge in [-0.2, -0.15) is 0 Å². The summed E-state index contributed by atoms with van der Waals surface area (Å²) in [5, 5.41) is 10.4. The van der Waals surface area contributed by atoms with Crippen LogP contribution in [0.5, 0.6) is 5.75 Å². The second kappa shape index (κ2) is 3.96. The minimum absolute atomic E-state index is 0.0713. The van der Waals surface area contributed by atoms with Crippen LogP contribution in [0.4, 0.5) is 0 Å². The number of nitrogens with zero attached hydrogens (tertiary/aromatic N) is 1. The molecule has 2 rings (SSSR count). The van der Waals surface area contributed by atoms with E-state index in [0.717, 1.165) is 0 Å². The van der Waals surface area contributed by atoms with Gasteiger partial charge in [-0.1, -0.05) is 12.1 Å². The van der Waals surface area contributed by atoms with E-state index < -0.39 is 0 Å². The molecule has 0 aliphatic heterocycles. The van der Waals surface area contributed by atoms with Gasteiger partial charge in [-0.15, -0.1) is 0 Å². The first-order valence-electron chi connectivity index (χ1n) is 4.44. The van der Waals surface area contributed by atoms with E-state index in [1.807, 2.05) is 12.1 Å². The van der Waals surface area contributed by atoms with Crippen molar-refractivity contribution in [2.45, 2.75) is 6.61 Å². The molecular weight excluding hydrogens is 194 g/mol. The quantitative estimate of drug-likeness (QED) is 0.770. The highest BCUT2D eigenvalue weighted by Crippen LogP contribution is 2.23. The SMILES string of the molecule is O=COCc1cc(O)c2ccccc2n1. The van der Waals surface area contributed by atoms with Gasteiger partial charge in [-0.3, -0.25) is 4.79 Å². The van der Waals surface area contributed by atoms with Gasteiger partial charge in [-0.25, -0.2) is 4.98 Å². The van der Waals surface area contributed by atoms with Crippen LogP contribution in [-0.4, -0.2) is 16.6 Å². The number of rotatable bonds is 3. The summed E-state index contributed by atoms with van der Waals surface area (Å²) in [6, 6.07) is 8.72. The summed E-state index contributed by atoms with van der Waals surface area (Å²) in [5.41, 5.74) is 1.21. The average Bonchev–Trinajstić information content (AvgIpc) is 2.26. The van der Waals surface area contributed by atoms with Crippen LogP contribution in [0.25, 0.3) is 10.9 Å². The highest BCUT2D eigenvalue weighted by atomic mass is 16.5. The summed E-state index contributed by atoms with van der Waals surface area (Å²) in [7, 11) is 0. The first-order valence-corrected chi connectivity index (χ1v) is 4.44. The molecule has 0 saturated carbocycles. The van der Waals surface area contributed by atoms with Crippen molar-refractivity contribution in [3.63, 3.8) is 0 Å². The first-order chi connectivity index (χ1) is 7.31. The van der Waals surface area contributed by atoms with Gasteiger partial charge in [0.25, 0.3) is 6.47 Å². The predicted molar refractivity (Wildman–Crippen MR) is 54.3 cm³/mol. The topological polar surface area (TPSA) is 59.4 Å². The maximum Gasteiger partial charge on any atom is 0.293 e. The van der Waals surface area contributed by atoms with E-state index in [-0.39, 0.29) is 12.4 Å². The molecular formula is C11H9NO3. The lowest BCUT2D eigenvalue weighted by atomic mass is 10.2. The molecule has 0 aliphatic carbocycles. The minimum Gasteiger partial charge on any atom is -0.507 e. The highest BCUT2D eigenvalue weighted by molar-refractivity contribution is 5.84. The first kappa shape index (κ1) is 9.45. The summed E-state index contributed by atoms with van der Waals surface area (Å²) in [6.07, 6.45) is 0. The number of hydrogen-bond donors (Lipinski definition) is 1. The maximum atomic E-state index is 10.0. The van der Waals surface area contributed by atoms with E-state index in [0.29, 0.717) is 23.1 Å². The fraction of sp³-hybridized carbons (Fsp3) is 0.0909. The Morgan fingerprint density at radius 1 is 1.40 bits per heavy atom. The summed E-state index contributed by atoms with van der Waals surface area (Å²) in [4.78, 5) is 14.2. The number of benzene rings is 1. The fourth-order valence-electron chi connectivity index (χ4n) is 1.40. The van der Waals surface area contributed by atoms with Crippen molar-refractivity contribution in [3.8, 4) is 5.75 Å². The number of para-hydroxylation sites is 1. The van der Waals surface area contributed by atoms with Crippen molar-refractivity contribution in [3.05, 3.63) is 36.0 Å². The Labute approximate surface area is 86.1 Å². The zero-order valence-electron chi connectivity index (χ0n) is 7.88. The number of aromatic hydroxyl groups is 1. The standard InChI is InChI=1S/C11H9NO3/c13-7-15-6-8-5-11(14)9-3-1-2-4-10(9)12-8/h1-5,7H,6H2,(H,12,14). The van der Waals surface area contributed by atoms with Crippen LogP contribution < -0.4 is 0 Å². The van der Waals surface area contributed by atoms with Gasteiger partial charge in [-0.05, 0) is 12.1 Å². The summed E-state index contributed by atoms with van der Waals surface area (Å²) < 4.78 is 4.57. The molecule has 76 valence electrons. The number of aromatic nitrogens is 1. The number of fused-ring (bicyclic) bond motifs is 1. The van der Waals surface area contributed by atoms with Crippen LogP contribution in [0.3, 0.4) is 0 Å². The molecule has 15 heavy (non-hydrogen) atoms. The van der Waals surface area contributed by atoms with Gasteiger partial charge >= 0.3 is 0 Å². The molecule has 1 aromatic carbocycles. The summed E-state index contributed by atoms with van der Waals surface area (Å²) in [6.45, 7) is 0.426. The average molecular weight is 203 g/mol. The molecule has 4 heteroatoms. The van der Waals surface area contributed by atoms with E-state index in [1.165, 1.54) is 6.07 Å². The molecule has 0 fully saturated rings. The third kappa shape index (κ3) is 1.88. The van der Waals surface area contributed by atoms with Gasteiger partial charge in [0.1, 0.15) is 12.4 Å².